The Morgan fingerprint density at radius 3 is 2.57 bits per heavy atom. The monoisotopic (exact) mass is 288 g/mol. The summed E-state index contributed by atoms with van der Waals surface area (Å²) >= 11 is 0. The molecule has 0 saturated heterocycles. The minimum Gasteiger partial charge on any atom is -0.342 e. The van der Waals surface area contributed by atoms with E-state index in [0.717, 1.165) is 25.9 Å². The van der Waals surface area contributed by atoms with E-state index in [2.05, 4.69) is 36.5 Å². The van der Waals surface area contributed by atoms with E-state index >= 15 is 0 Å². The molecule has 1 fully saturated rings. The van der Waals surface area contributed by atoms with Gasteiger partial charge in [0.25, 0.3) is 0 Å². The molecule has 1 aliphatic carbocycles. The minimum atomic E-state index is -0.0756. The lowest BCUT2D eigenvalue weighted by Gasteiger charge is -2.38. The second-order valence-electron chi connectivity index (χ2n) is 6.18. The van der Waals surface area contributed by atoms with Crippen LogP contribution < -0.4 is 5.32 Å². The van der Waals surface area contributed by atoms with Gasteiger partial charge in [-0.3, -0.25) is 4.79 Å². The van der Waals surface area contributed by atoms with Gasteiger partial charge in [0.05, 0.1) is 6.04 Å². The zero-order valence-electron chi connectivity index (χ0n) is 13.7. The van der Waals surface area contributed by atoms with E-state index in [0.29, 0.717) is 12.0 Å². The lowest BCUT2D eigenvalue weighted by atomic mass is 9.75. The average molecular weight is 288 g/mol. The number of hydrogen-bond acceptors (Lipinski definition) is 2. The van der Waals surface area contributed by atoms with E-state index in [9.17, 15) is 4.79 Å². The van der Waals surface area contributed by atoms with Crippen LogP contribution in [0.4, 0.5) is 0 Å². The molecular weight excluding hydrogens is 260 g/mol. The highest BCUT2D eigenvalue weighted by atomic mass is 16.2. The predicted octanol–water partition coefficient (Wildman–Crippen LogP) is 3.09. The van der Waals surface area contributed by atoms with Gasteiger partial charge < -0.3 is 10.2 Å². The summed E-state index contributed by atoms with van der Waals surface area (Å²) in [5.74, 6) is 0.872. The van der Waals surface area contributed by atoms with E-state index < -0.39 is 0 Å². The summed E-state index contributed by atoms with van der Waals surface area (Å²) in [7, 11) is 0. The quantitative estimate of drug-likeness (QED) is 0.872. The number of hydrogen-bond donors (Lipinski definition) is 1. The zero-order valence-corrected chi connectivity index (χ0v) is 13.7. The third-order valence-electron chi connectivity index (χ3n) is 4.58. The molecule has 1 N–H and O–H groups in total. The molecule has 0 heterocycles. The Morgan fingerprint density at radius 2 is 2.00 bits per heavy atom. The van der Waals surface area contributed by atoms with Gasteiger partial charge in [-0.25, -0.2) is 0 Å². The predicted molar refractivity (Wildman–Crippen MR) is 87.5 cm³/mol. The lowest BCUT2D eigenvalue weighted by molar-refractivity contribution is -0.133. The molecule has 3 heteroatoms. The molecule has 0 radical (unpaired) electrons. The van der Waals surface area contributed by atoms with Crippen LogP contribution in [-0.2, 0) is 4.79 Å². The average Bonchev–Trinajstić information content (AvgIpc) is 2.43. The van der Waals surface area contributed by atoms with Gasteiger partial charge in [0.2, 0.25) is 5.91 Å². The molecule has 2 rings (SSSR count). The molecule has 0 aliphatic heterocycles. The van der Waals surface area contributed by atoms with E-state index in [4.69, 9.17) is 0 Å². The topological polar surface area (TPSA) is 32.3 Å². The molecule has 0 aromatic heterocycles. The van der Waals surface area contributed by atoms with Gasteiger partial charge in [-0.1, -0.05) is 29.8 Å². The number of carbonyl (C=O) groups excluding carboxylic acids is 1. The number of carbonyl (C=O) groups is 1. The first kappa shape index (κ1) is 16.0. The standard InChI is InChI=1S/C18H28N2O/c1-5-20(6-2)18(21)14(4)19-17-11-16(12-17)15-9-7-8-13(3)10-15/h7-10,14,16-17,19H,5-6,11-12H2,1-4H3. The van der Waals surface area contributed by atoms with Crippen molar-refractivity contribution in [1.82, 2.24) is 10.2 Å². The summed E-state index contributed by atoms with van der Waals surface area (Å²) in [6, 6.07) is 9.18. The molecule has 3 nitrogen and oxygen atoms in total. The Labute approximate surface area is 128 Å². The van der Waals surface area contributed by atoms with Gasteiger partial charge in [0.15, 0.2) is 0 Å². The first-order valence-corrected chi connectivity index (χ1v) is 8.16. The van der Waals surface area contributed by atoms with Gasteiger partial charge in [0, 0.05) is 19.1 Å². The van der Waals surface area contributed by atoms with Crippen molar-refractivity contribution in [2.75, 3.05) is 13.1 Å². The minimum absolute atomic E-state index is 0.0756. The fourth-order valence-corrected chi connectivity index (χ4v) is 3.18. The number of aryl methyl sites for hydroxylation is 1. The van der Waals surface area contributed by atoms with Crippen LogP contribution in [0.25, 0.3) is 0 Å². The number of nitrogens with one attached hydrogen (secondary N) is 1. The van der Waals surface area contributed by atoms with Crippen molar-refractivity contribution in [1.29, 1.82) is 0 Å². The summed E-state index contributed by atoms with van der Waals surface area (Å²) in [4.78, 5) is 14.1. The first-order valence-electron chi connectivity index (χ1n) is 8.16. The molecule has 1 aromatic carbocycles. The van der Waals surface area contributed by atoms with Crippen LogP contribution in [0, 0.1) is 6.92 Å². The van der Waals surface area contributed by atoms with Crippen LogP contribution in [0.1, 0.15) is 50.7 Å². The number of amides is 1. The molecule has 1 amide bonds. The summed E-state index contributed by atoms with van der Waals surface area (Å²) in [6.07, 6.45) is 2.28. The van der Waals surface area contributed by atoms with Crippen molar-refractivity contribution in [3.63, 3.8) is 0 Å². The maximum Gasteiger partial charge on any atom is 0.239 e. The fourth-order valence-electron chi connectivity index (χ4n) is 3.18. The van der Waals surface area contributed by atoms with Crippen LogP contribution in [-0.4, -0.2) is 36.0 Å². The second-order valence-corrected chi connectivity index (χ2v) is 6.18. The van der Waals surface area contributed by atoms with Crippen molar-refractivity contribution in [2.24, 2.45) is 0 Å². The molecule has 21 heavy (non-hydrogen) atoms. The molecule has 116 valence electrons. The number of rotatable bonds is 6. The van der Waals surface area contributed by atoms with Crippen LogP contribution in [0.15, 0.2) is 24.3 Å². The normalized spacial score (nSPS) is 22.5. The maximum absolute atomic E-state index is 12.2. The van der Waals surface area contributed by atoms with Gasteiger partial charge in [-0.05, 0) is 52.0 Å². The Morgan fingerprint density at radius 1 is 1.33 bits per heavy atom. The highest BCUT2D eigenvalue weighted by Crippen LogP contribution is 2.37. The van der Waals surface area contributed by atoms with E-state index in [1.165, 1.54) is 11.1 Å². The molecule has 1 aliphatic rings. The Bertz CT molecular complexity index is 476. The van der Waals surface area contributed by atoms with Gasteiger partial charge in [-0.15, -0.1) is 0 Å². The lowest BCUT2D eigenvalue weighted by Crippen LogP contribution is -2.51. The molecule has 1 aromatic rings. The van der Waals surface area contributed by atoms with Crippen LogP contribution in [0.5, 0.6) is 0 Å². The van der Waals surface area contributed by atoms with Crippen LogP contribution in [0.3, 0.4) is 0 Å². The maximum atomic E-state index is 12.2. The second kappa shape index (κ2) is 7.08. The smallest absolute Gasteiger partial charge is 0.239 e. The van der Waals surface area contributed by atoms with Gasteiger partial charge in [0.1, 0.15) is 0 Å². The molecule has 0 bridgehead atoms. The molecule has 1 unspecified atom stereocenters. The largest absolute Gasteiger partial charge is 0.342 e. The highest BCUT2D eigenvalue weighted by Gasteiger charge is 2.32. The summed E-state index contributed by atoms with van der Waals surface area (Å²) in [5, 5.41) is 3.49. The summed E-state index contributed by atoms with van der Waals surface area (Å²) in [5.41, 5.74) is 2.77. The molecule has 1 atom stereocenters. The highest BCUT2D eigenvalue weighted by molar-refractivity contribution is 5.81. The third-order valence-corrected chi connectivity index (χ3v) is 4.58. The number of likely N-dealkylation sites (N-methyl/N-ethyl adjacent to an activating group) is 1. The number of benzene rings is 1. The number of nitrogens with zero attached hydrogens (tertiary/aromatic N) is 1. The molecule has 0 spiro atoms. The van der Waals surface area contributed by atoms with E-state index in [1.807, 2.05) is 25.7 Å². The van der Waals surface area contributed by atoms with Gasteiger partial charge >= 0.3 is 0 Å². The summed E-state index contributed by atoms with van der Waals surface area (Å²) < 4.78 is 0. The Kier molecular flexibility index (Phi) is 5.40. The summed E-state index contributed by atoms with van der Waals surface area (Å²) in [6.45, 7) is 9.77. The van der Waals surface area contributed by atoms with Crippen molar-refractivity contribution < 1.29 is 4.79 Å². The molecule has 1 saturated carbocycles. The third kappa shape index (κ3) is 3.85. The van der Waals surface area contributed by atoms with Crippen molar-refractivity contribution in [2.45, 2.75) is 58.5 Å². The SMILES string of the molecule is CCN(CC)C(=O)C(C)NC1CC(c2cccc(C)c2)C1. The van der Waals surface area contributed by atoms with Crippen molar-refractivity contribution in [3.05, 3.63) is 35.4 Å². The Balaban J connectivity index is 1.81. The van der Waals surface area contributed by atoms with Gasteiger partial charge in [-0.2, -0.15) is 0 Å². The van der Waals surface area contributed by atoms with Crippen molar-refractivity contribution >= 4 is 5.91 Å². The van der Waals surface area contributed by atoms with Crippen LogP contribution >= 0.6 is 0 Å². The first-order chi connectivity index (χ1) is 10.0. The van der Waals surface area contributed by atoms with E-state index in [1.54, 1.807) is 0 Å². The van der Waals surface area contributed by atoms with Crippen molar-refractivity contribution in [3.8, 4) is 0 Å². The zero-order chi connectivity index (χ0) is 15.4. The Hall–Kier alpha value is -1.35. The van der Waals surface area contributed by atoms with Crippen LogP contribution in [0.2, 0.25) is 0 Å². The molecular formula is C18H28N2O. The van der Waals surface area contributed by atoms with E-state index in [-0.39, 0.29) is 11.9 Å². The fraction of sp³-hybridized carbons (Fsp3) is 0.611.